The molecule has 1 aliphatic heterocycles. The molecule has 0 aliphatic carbocycles. The Morgan fingerprint density at radius 1 is 1.15 bits per heavy atom. The van der Waals surface area contributed by atoms with Crippen LogP contribution in [-0.2, 0) is 13.0 Å². The van der Waals surface area contributed by atoms with Crippen LogP contribution in [0.5, 0.6) is 11.5 Å². The minimum absolute atomic E-state index is 0.615. The lowest BCUT2D eigenvalue weighted by atomic mass is 10.1. The van der Waals surface area contributed by atoms with Crippen molar-refractivity contribution in [2.45, 2.75) is 19.4 Å². The van der Waals surface area contributed by atoms with Crippen LogP contribution >= 0.6 is 11.3 Å². The third-order valence-electron chi connectivity index (χ3n) is 4.20. The molecule has 0 radical (unpaired) electrons. The minimum Gasteiger partial charge on any atom is -0.486 e. The molecule has 0 fully saturated rings. The molecule has 1 aliphatic rings. The molecule has 0 saturated heterocycles. The molecule has 0 atom stereocenters. The van der Waals surface area contributed by atoms with Crippen molar-refractivity contribution < 1.29 is 14.0 Å². The van der Waals surface area contributed by atoms with Gasteiger partial charge in [0.15, 0.2) is 11.5 Å². The summed E-state index contributed by atoms with van der Waals surface area (Å²) in [6.45, 7) is 3.05. The quantitative estimate of drug-likeness (QED) is 0.632. The number of benzene rings is 1. The van der Waals surface area contributed by atoms with E-state index in [0.717, 1.165) is 42.3 Å². The van der Waals surface area contributed by atoms with Gasteiger partial charge in [0.05, 0.1) is 4.88 Å². The van der Waals surface area contributed by atoms with Gasteiger partial charge in [0, 0.05) is 13.0 Å². The minimum atomic E-state index is 0.615. The van der Waals surface area contributed by atoms with Crippen LogP contribution in [0.1, 0.15) is 17.9 Å². The van der Waals surface area contributed by atoms with Gasteiger partial charge in [-0.05, 0) is 49.2 Å². The van der Waals surface area contributed by atoms with Gasteiger partial charge < -0.3 is 18.9 Å². The number of thiophene rings is 1. The van der Waals surface area contributed by atoms with E-state index in [1.165, 1.54) is 5.56 Å². The molecular weight excluding hydrogens is 350 g/mol. The molecule has 0 unspecified atom stereocenters. The number of hydrogen-bond acceptors (Lipinski definition) is 7. The summed E-state index contributed by atoms with van der Waals surface area (Å²) in [5, 5.41) is 6.06. The second-order valence-corrected chi connectivity index (χ2v) is 7.26. The smallest absolute Gasteiger partial charge is 0.227 e. The highest BCUT2D eigenvalue weighted by Crippen LogP contribution is 2.31. The van der Waals surface area contributed by atoms with Crippen molar-refractivity contribution in [2.24, 2.45) is 0 Å². The molecule has 0 bridgehead atoms. The van der Waals surface area contributed by atoms with Gasteiger partial charge in [0.2, 0.25) is 11.7 Å². The number of hydrogen-bond donors (Lipinski definition) is 0. The lowest BCUT2D eigenvalue weighted by molar-refractivity contribution is 0.171. The van der Waals surface area contributed by atoms with Gasteiger partial charge >= 0.3 is 0 Å². The maximum absolute atomic E-state index is 5.65. The number of aryl methyl sites for hydroxylation is 1. The average Bonchev–Trinajstić information content (AvgIpc) is 3.33. The second-order valence-electron chi connectivity index (χ2n) is 6.31. The van der Waals surface area contributed by atoms with E-state index in [-0.39, 0.29) is 0 Å². The fourth-order valence-corrected chi connectivity index (χ4v) is 3.59. The van der Waals surface area contributed by atoms with Gasteiger partial charge in [-0.1, -0.05) is 17.3 Å². The Kier molecular flexibility index (Phi) is 5.17. The van der Waals surface area contributed by atoms with E-state index in [9.17, 15) is 0 Å². The largest absolute Gasteiger partial charge is 0.486 e. The van der Waals surface area contributed by atoms with E-state index in [2.05, 4.69) is 34.2 Å². The number of fused-ring (bicyclic) bond motifs is 1. The van der Waals surface area contributed by atoms with E-state index >= 15 is 0 Å². The van der Waals surface area contributed by atoms with Crippen LogP contribution in [0.25, 0.3) is 10.7 Å². The summed E-state index contributed by atoms with van der Waals surface area (Å²) in [6, 6.07) is 10.1. The Bertz CT molecular complexity index is 848. The van der Waals surface area contributed by atoms with Crippen molar-refractivity contribution in [3.05, 3.63) is 47.2 Å². The molecule has 1 aromatic carbocycles. The lowest BCUT2D eigenvalue weighted by Crippen LogP contribution is -2.20. The fourth-order valence-electron chi connectivity index (χ4n) is 2.94. The Hall–Kier alpha value is -2.38. The Morgan fingerprint density at radius 3 is 2.88 bits per heavy atom. The van der Waals surface area contributed by atoms with Crippen molar-refractivity contribution in [1.29, 1.82) is 0 Å². The maximum Gasteiger partial charge on any atom is 0.227 e. The zero-order valence-electron chi connectivity index (χ0n) is 14.7. The SMILES string of the molecule is CN(CCCc1nc(-c2cccs2)no1)Cc1ccc2c(c1)OCCO2. The molecule has 0 saturated carbocycles. The Morgan fingerprint density at radius 2 is 2.04 bits per heavy atom. The average molecular weight is 371 g/mol. The fraction of sp³-hybridized carbons (Fsp3) is 0.368. The Balaban J connectivity index is 1.26. The topological polar surface area (TPSA) is 60.6 Å². The maximum atomic E-state index is 5.65. The van der Waals surface area contributed by atoms with E-state index in [1.54, 1.807) is 11.3 Å². The summed E-state index contributed by atoms with van der Waals surface area (Å²) in [5.41, 5.74) is 1.22. The van der Waals surface area contributed by atoms with E-state index < -0.39 is 0 Å². The van der Waals surface area contributed by atoms with Crippen molar-refractivity contribution in [3.8, 4) is 22.2 Å². The van der Waals surface area contributed by atoms with Crippen molar-refractivity contribution in [3.63, 3.8) is 0 Å². The molecule has 4 rings (SSSR count). The summed E-state index contributed by atoms with van der Waals surface area (Å²) < 4.78 is 16.6. The Labute approximate surface area is 156 Å². The van der Waals surface area contributed by atoms with Crippen LogP contribution < -0.4 is 9.47 Å². The van der Waals surface area contributed by atoms with E-state index in [1.807, 2.05) is 23.6 Å². The predicted molar refractivity (Wildman–Crippen MR) is 99.7 cm³/mol. The standard InChI is InChI=1S/C19H21N3O3S/c1-22(13-14-6-7-15-16(12-14)24-10-9-23-15)8-2-5-18-20-19(21-25-18)17-4-3-11-26-17/h3-4,6-7,11-12H,2,5,8-10,13H2,1H3. The molecule has 136 valence electrons. The van der Waals surface area contributed by atoms with Crippen molar-refractivity contribution in [2.75, 3.05) is 26.8 Å². The third kappa shape index (κ3) is 4.05. The second kappa shape index (κ2) is 7.88. The van der Waals surface area contributed by atoms with Crippen LogP contribution in [0, 0.1) is 0 Å². The molecule has 0 spiro atoms. The molecule has 0 N–H and O–H groups in total. The highest BCUT2D eigenvalue weighted by atomic mass is 32.1. The van der Waals surface area contributed by atoms with E-state index in [4.69, 9.17) is 14.0 Å². The summed E-state index contributed by atoms with van der Waals surface area (Å²) in [5.74, 6) is 3.05. The van der Waals surface area contributed by atoms with Gasteiger partial charge in [0.25, 0.3) is 0 Å². The predicted octanol–water partition coefficient (Wildman–Crippen LogP) is 3.63. The number of aromatic nitrogens is 2. The summed E-state index contributed by atoms with van der Waals surface area (Å²) in [7, 11) is 2.11. The molecule has 6 nitrogen and oxygen atoms in total. The molecule has 0 amide bonds. The first kappa shape index (κ1) is 17.1. The summed E-state index contributed by atoms with van der Waals surface area (Å²) >= 11 is 1.62. The molecule has 3 heterocycles. The zero-order chi connectivity index (χ0) is 17.8. The van der Waals surface area contributed by atoms with Crippen LogP contribution in [0.3, 0.4) is 0 Å². The van der Waals surface area contributed by atoms with Gasteiger partial charge in [0.1, 0.15) is 13.2 Å². The van der Waals surface area contributed by atoms with Crippen LogP contribution in [0.4, 0.5) is 0 Å². The summed E-state index contributed by atoms with van der Waals surface area (Å²) in [4.78, 5) is 7.78. The highest BCUT2D eigenvalue weighted by molar-refractivity contribution is 7.13. The lowest BCUT2D eigenvalue weighted by Gasteiger charge is -2.21. The molecule has 2 aromatic heterocycles. The third-order valence-corrected chi connectivity index (χ3v) is 5.07. The first-order valence-corrected chi connectivity index (χ1v) is 9.59. The van der Waals surface area contributed by atoms with E-state index in [0.29, 0.717) is 24.9 Å². The highest BCUT2D eigenvalue weighted by Gasteiger charge is 2.13. The zero-order valence-corrected chi connectivity index (χ0v) is 15.5. The number of nitrogens with zero attached hydrogens (tertiary/aromatic N) is 3. The first-order valence-electron chi connectivity index (χ1n) is 8.71. The van der Waals surface area contributed by atoms with Crippen LogP contribution in [0.2, 0.25) is 0 Å². The van der Waals surface area contributed by atoms with Gasteiger partial charge in [-0.2, -0.15) is 4.98 Å². The first-order chi connectivity index (χ1) is 12.8. The molecule has 3 aromatic rings. The van der Waals surface area contributed by atoms with Crippen LogP contribution in [-0.4, -0.2) is 41.8 Å². The van der Waals surface area contributed by atoms with Gasteiger partial charge in [-0.15, -0.1) is 11.3 Å². The van der Waals surface area contributed by atoms with Crippen molar-refractivity contribution >= 4 is 11.3 Å². The number of ether oxygens (including phenoxy) is 2. The van der Waals surface area contributed by atoms with Gasteiger partial charge in [-0.3, -0.25) is 0 Å². The normalized spacial score (nSPS) is 13.3. The van der Waals surface area contributed by atoms with Crippen LogP contribution in [0.15, 0.2) is 40.2 Å². The molecular formula is C19H21N3O3S. The van der Waals surface area contributed by atoms with Gasteiger partial charge in [-0.25, -0.2) is 0 Å². The molecule has 26 heavy (non-hydrogen) atoms. The monoisotopic (exact) mass is 371 g/mol. The van der Waals surface area contributed by atoms with Crippen molar-refractivity contribution in [1.82, 2.24) is 15.0 Å². The summed E-state index contributed by atoms with van der Waals surface area (Å²) in [6.07, 6.45) is 1.75. The number of rotatable bonds is 7. The molecule has 7 heteroatoms.